The van der Waals surface area contributed by atoms with Crippen molar-refractivity contribution in [1.82, 2.24) is 4.98 Å². The van der Waals surface area contributed by atoms with Gasteiger partial charge in [0.1, 0.15) is 0 Å². The van der Waals surface area contributed by atoms with Gasteiger partial charge in [0.25, 0.3) is 5.91 Å². The van der Waals surface area contributed by atoms with Gasteiger partial charge in [-0.25, -0.2) is 9.78 Å². The van der Waals surface area contributed by atoms with E-state index in [2.05, 4.69) is 10.3 Å². The number of carboxylic acids is 1. The number of aromatic nitrogens is 1. The minimum atomic E-state index is -1.19. The highest BCUT2D eigenvalue weighted by Crippen LogP contribution is 2.14. The van der Waals surface area contributed by atoms with Crippen LogP contribution in [0.25, 0.3) is 0 Å². The second-order valence-corrected chi connectivity index (χ2v) is 4.29. The summed E-state index contributed by atoms with van der Waals surface area (Å²) in [6.45, 7) is 0.466. The van der Waals surface area contributed by atoms with E-state index >= 15 is 0 Å². The number of hydrogen-bond donors (Lipinski definition) is 2. The van der Waals surface area contributed by atoms with Crippen LogP contribution in [0.15, 0.2) is 42.6 Å². The number of carbonyl (C=O) groups is 2. The Hall–Kier alpha value is -2.73. The van der Waals surface area contributed by atoms with Crippen LogP contribution in [0.4, 0.5) is 5.69 Å². The SMILES string of the molecule is COCc1ccc(C(=O)Nc2cccnc2C(=O)O)cc1. The fourth-order valence-corrected chi connectivity index (χ4v) is 1.79. The Kier molecular flexibility index (Phi) is 4.63. The lowest BCUT2D eigenvalue weighted by Crippen LogP contribution is -2.15. The van der Waals surface area contributed by atoms with Gasteiger partial charge in [-0.2, -0.15) is 0 Å². The van der Waals surface area contributed by atoms with Crippen molar-refractivity contribution >= 4 is 17.6 Å². The molecule has 2 N–H and O–H groups in total. The van der Waals surface area contributed by atoms with Gasteiger partial charge in [-0.15, -0.1) is 0 Å². The molecule has 0 bridgehead atoms. The third kappa shape index (κ3) is 3.64. The molecule has 0 spiro atoms. The van der Waals surface area contributed by atoms with Crippen LogP contribution < -0.4 is 5.32 Å². The molecule has 108 valence electrons. The number of benzene rings is 1. The van der Waals surface area contributed by atoms with E-state index in [0.717, 1.165) is 5.56 Å². The Morgan fingerprint density at radius 3 is 2.57 bits per heavy atom. The van der Waals surface area contributed by atoms with Gasteiger partial charge < -0.3 is 15.2 Å². The van der Waals surface area contributed by atoms with E-state index < -0.39 is 11.9 Å². The summed E-state index contributed by atoms with van der Waals surface area (Å²) in [5.41, 5.74) is 1.34. The number of aromatic carboxylic acids is 1. The van der Waals surface area contributed by atoms with E-state index in [1.807, 2.05) is 0 Å². The molecule has 0 radical (unpaired) electrons. The van der Waals surface area contributed by atoms with Crippen LogP contribution in [0, 0.1) is 0 Å². The molecule has 1 aromatic heterocycles. The smallest absolute Gasteiger partial charge is 0.356 e. The maximum atomic E-state index is 12.1. The van der Waals surface area contributed by atoms with Crippen molar-refractivity contribution in [2.45, 2.75) is 6.61 Å². The third-order valence-corrected chi connectivity index (χ3v) is 2.79. The topological polar surface area (TPSA) is 88.5 Å². The molecule has 1 heterocycles. The maximum Gasteiger partial charge on any atom is 0.356 e. The van der Waals surface area contributed by atoms with E-state index in [9.17, 15) is 9.59 Å². The number of rotatable bonds is 5. The standard InChI is InChI=1S/C15H14N2O4/c1-21-9-10-4-6-11(7-5-10)14(18)17-12-3-2-8-16-13(12)15(19)20/h2-8H,9H2,1H3,(H,17,18)(H,19,20). The second kappa shape index (κ2) is 6.62. The first-order valence-electron chi connectivity index (χ1n) is 6.19. The molecule has 1 amide bonds. The number of anilines is 1. The van der Waals surface area contributed by atoms with Gasteiger partial charge in [-0.3, -0.25) is 4.79 Å². The van der Waals surface area contributed by atoms with Crippen molar-refractivity contribution in [3.63, 3.8) is 0 Å². The number of pyridine rings is 1. The molecule has 1 aromatic carbocycles. The van der Waals surface area contributed by atoms with Gasteiger partial charge in [-0.1, -0.05) is 12.1 Å². The lowest BCUT2D eigenvalue weighted by molar-refractivity contribution is 0.0691. The van der Waals surface area contributed by atoms with Crippen molar-refractivity contribution in [3.05, 3.63) is 59.4 Å². The zero-order valence-corrected chi connectivity index (χ0v) is 11.4. The lowest BCUT2D eigenvalue weighted by atomic mass is 10.1. The number of nitrogens with zero attached hydrogens (tertiary/aromatic N) is 1. The van der Waals surface area contributed by atoms with E-state index in [-0.39, 0.29) is 11.4 Å². The van der Waals surface area contributed by atoms with Crippen LogP contribution in [0.3, 0.4) is 0 Å². The highest BCUT2D eigenvalue weighted by Gasteiger charge is 2.14. The summed E-state index contributed by atoms with van der Waals surface area (Å²) < 4.78 is 4.99. The molecule has 0 saturated carbocycles. The lowest BCUT2D eigenvalue weighted by Gasteiger charge is -2.08. The molecule has 0 aliphatic rings. The minimum Gasteiger partial charge on any atom is -0.476 e. The molecule has 0 aliphatic carbocycles. The second-order valence-electron chi connectivity index (χ2n) is 4.29. The molecule has 0 aliphatic heterocycles. The molecule has 0 atom stereocenters. The molecule has 21 heavy (non-hydrogen) atoms. The van der Waals surface area contributed by atoms with Gasteiger partial charge in [0, 0.05) is 18.9 Å². The minimum absolute atomic E-state index is 0.163. The van der Waals surface area contributed by atoms with Crippen LogP contribution in [0.1, 0.15) is 26.4 Å². The Balaban J connectivity index is 2.16. The van der Waals surface area contributed by atoms with Crippen molar-refractivity contribution in [2.24, 2.45) is 0 Å². The van der Waals surface area contributed by atoms with E-state index in [1.165, 1.54) is 12.3 Å². The molecule has 0 saturated heterocycles. The van der Waals surface area contributed by atoms with Crippen molar-refractivity contribution in [1.29, 1.82) is 0 Å². The highest BCUT2D eigenvalue weighted by molar-refractivity contribution is 6.07. The van der Waals surface area contributed by atoms with Crippen molar-refractivity contribution < 1.29 is 19.4 Å². The molecule has 6 heteroatoms. The fraction of sp³-hybridized carbons (Fsp3) is 0.133. The number of carbonyl (C=O) groups excluding carboxylic acids is 1. The van der Waals surface area contributed by atoms with E-state index in [4.69, 9.17) is 9.84 Å². The number of ether oxygens (including phenoxy) is 1. The van der Waals surface area contributed by atoms with Gasteiger partial charge in [-0.05, 0) is 29.8 Å². The summed E-state index contributed by atoms with van der Waals surface area (Å²) in [6, 6.07) is 9.91. The molecular formula is C15H14N2O4. The zero-order valence-electron chi connectivity index (χ0n) is 11.4. The summed E-state index contributed by atoms with van der Waals surface area (Å²) in [5.74, 6) is -1.59. The van der Waals surface area contributed by atoms with E-state index in [0.29, 0.717) is 12.2 Å². The summed E-state index contributed by atoms with van der Waals surface area (Å²) >= 11 is 0. The van der Waals surface area contributed by atoms with Crippen LogP contribution in [0.2, 0.25) is 0 Å². The number of methoxy groups -OCH3 is 1. The number of hydrogen-bond acceptors (Lipinski definition) is 4. The largest absolute Gasteiger partial charge is 0.476 e. The quantitative estimate of drug-likeness (QED) is 0.879. The first kappa shape index (κ1) is 14.7. The summed E-state index contributed by atoms with van der Waals surface area (Å²) in [5, 5.41) is 11.6. The normalized spacial score (nSPS) is 10.1. The van der Waals surface area contributed by atoms with Crippen LogP contribution in [-0.2, 0) is 11.3 Å². The van der Waals surface area contributed by atoms with Crippen LogP contribution in [-0.4, -0.2) is 29.1 Å². The Labute approximate surface area is 121 Å². The van der Waals surface area contributed by atoms with Crippen molar-refractivity contribution in [2.75, 3.05) is 12.4 Å². The number of amides is 1. The summed E-state index contributed by atoms with van der Waals surface area (Å²) in [4.78, 5) is 26.9. The van der Waals surface area contributed by atoms with Crippen molar-refractivity contribution in [3.8, 4) is 0 Å². The molecule has 6 nitrogen and oxygen atoms in total. The van der Waals surface area contributed by atoms with Crippen LogP contribution >= 0.6 is 0 Å². The molecule has 0 fully saturated rings. The highest BCUT2D eigenvalue weighted by atomic mass is 16.5. The Bertz CT molecular complexity index is 653. The van der Waals surface area contributed by atoms with Gasteiger partial charge in [0.05, 0.1) is 12.3 Å². The Morgan fingerprint density at radius 2 is 1.95 bits per heavy atom. The average Bonchev–Trinajstić information content (AvgIpc) is 2.48. The first-order chi connectivity index (χ1) is 10.1. The molecule has 0 unspecified atom stereocenters. The third-order valence-electron chi connectivity index (χ3n) is 2.79. The number of nitrogens with one attached hydrogen (secondary N) is 1. The summed E-state index contributed by atoms with van der Waals surface area (Å²) in [6.07, 6.45) is 1.36. The first-order valence-corrected chi connectivity index (χ1v) is 6.19. The van der Waals surface area contributed by atoms with Crippen LogP contribution in [0.5, 0.6) is 0 Å². The zero-order chi connectivity index (χ0) is 15.2. The predicted octanol–water partition coefficient (Wildman–Crippen LogP) is 2.18. The average molecular weight is 286 g/mol. The predicted molar refractivity (Wildman–Crippen MR) is 76.3 cm³/mol. The Morgan fingerprint density at radius 1 is 1.24 bits per heavy atom. The van der Waals surface area contributed by atoms with Gasteiger partial charge in [0.2, 0.25) is 0 Å². The molecule has 2 aromatic rings. The van der Waals surface area contributed by atoms with E-state index in [1.54, 1.807) is 37.4 Å². The fourth-order valence-electron chi connectivity index (χ4n) is 1.79. The van der Waals surface area contributed by atoms with Gasteiger partial charge in [0.15, 0.2) is 5.69 Å². The monoisotopic (exact) mass is 286 g/mol. The number of carboxylic acid groups (broad SMARTS) is 1. The molecular weight excluding hydrogens is 272 g/mol. The van der Waals surface area contributed by atoms with Gasteiger partial charge >= 0.3 is 5.97 Å². The summed E-state index contributed by atoms with van der Waals surface area (Å²) in [7, 11) is 1.59. The molecule has 2 rings (SSSR count). The maximum absolute atomic E-state index is 12.1.